The number of nitriles is 1. The van der Waals surface area contributed by atoms with Gasteiger partial charge in [0.25, 0.3) is 0 Å². The number of halogens is 2. The molecule has 0 heterocycles. The molecule has 18 heavy (non-hydrogen) atoms. The van der Waals surface area contributed by atoms with Gasteiger partial charge in [-0.2, -0.15) is 5.26 Å². The van der Waals surface area contributed by atoms with E-state index in [0.29, 0.717) is 11.3 Å². The number of benzene rings is 2. The summed E-state index contributed by atoms with van der Waals surface area (Å²) in [6, 6.07) is 12.9. The van der Waals surface area contributed by atoms with Gasteiger partial charge < -0.3 is 5.32 Å². The highest BCUT2D eigenvalue weighted by Gasteiger charge is 2.07. The van der Waals surface area contributed by atoms with Crippen molar-refractivity contribution >= 4 is 5.69 Å². The van der Waals surface area contributed by atoms with E-state index < -0.39 is 11.6 Å². The Balaban J connectivity index is 2.17. The van der Waals surface area contributed by atoms with E-state index in [2.05, 4.69) is 5.32 Å². The Morgan fingerprint density at radius 2 is 1.83 bits per heavy atom. The van der Waals surface area contributed by atoms with Crippen molar-refractivity contribution in [3.8, 4) is 6.07 Å². The number of nitrogens with zero attached hydrogens (tertiary/aromatic N) is 1. The summed E-state index contributed by atoms with van der Waals surface area (Å²) >= 11 is 0. The van der Waals surface area contributed by atoms with Gasteiger partial charge in [0.15, 0.2) is 11.6 Å². The van der Waals surface area contributed by atoms with Crippen LogP contribution in [0.25, 0.3) is 0 Å². The molecule has 0 aliphatic rings. The maximum absolute atomic E-state index is 13.4. The third-order valence-electron chi connectivity index (χ3n) is 2.55. The fraction of sp³-hybridized carbons (Fsp3) is 0.0714. The summed E-state index contributed by atoms with van der Waals surface area (Å²) in [6.45, 7) is 0.127. The van der Waals surface area contributed by atoms with E-state index in [0.717, 1.165) is 6.07 Å². The van der Waals surface area contributed by atoms with Crippen molar-refractivity contribution in [3.63, 3.8) is 0 Å². The first-order valence-corrected chi connectivity index (χ1v) is 5.38. The number of anilines is 1. The molecule has 0 atom stereocenters. The second kappa shape index (κ2) is 5.28. The molecule has 90 valence electrons. The molecule has 0 unspecified atom stereocenters. The Morgan fingerprint density at radius 1 is 1.06 bits per heavy atom. The van der Waals surface area contributed by atoms with Gasteiger partial charge >= 0.3 is 0 Å². The Kier molecular flexibility index (Phi) is 3.54. The molecule has 0 aliphatic carbocycles. The first kappa shape index (κ1) is 12.1. The lowest BCUT2D eigenvalue weighted by Crippen LogP contribution is -2.04. The minimum atomic E-state index is -0.872. The zero-order valence-electron chi connectivity index (χ0n) is 9.45. The van der Waals surface area contributed by atoms with E-state index >= 15 is 0 Å². The zero-order chi connectivity index (χ0) is 13.0. The van der Waals surface area contributed by atoms with E-state index in [-0.39, 0.29) is 12.1 Å². The smallest absolute Gasteiger partial charge is 0.163 e. The Morgan fingerprint density at radius 3 is 2.61 bits per heavy atom. The van der Waals surface area contributed by atoms with Crippen molar-refractivity contribution in [2.24, 2.45) is 0 Å². The topological polar surface area (TPSA) is 35.8 Å². The SMILES string of the molecule is N#Cc1ccccc1NCc1cccc(F)c1F. The second-order valence-corrected chi connectivity index (χ2v) is 3.72. The van der Waals surface area contributed by atoms with Crippen LogP contribution in [0.4, 0.5) is 14.5 Å². The monoisotopic (exact) mass is 244 g/mol. The van der Waals surface area contributed by atoms with Crippen LogP contribution in [0, 0.1) is 23.0 Å². The maximum atomic E-state index is 13.4. The van der Waals surface area contributed by atoms with E-state index in [4.69, 9.17) is 5.26 Å². The lowest BCUT2D eigenvalue weighted by Gasteiger charge is -2.09. The van der Waals surface area contributed by atoms with Crippen molar-refractivity contribution in [3.05, 3.63) is 65.2 Å². The molecule has 0 amide bonds. The largest absolute Gasteiger partial charge is 0.380 e. The Hall–Kier alpha value is -2.41. The molecule has 0 saturated heterocycles. The minimum absolute atomic E-state index is 0.127. The highest BCUT2D eigenvalue weighted by atomic mass is 19.2. The predicted octanol–water partition coefficient (Wildman–Crippen LogP) is 3.45. The Labute approximate surface area is 103 Å². The van der Waals surface area contributed by atoms with Crippen LogP contribution in [0.5, 0.6) is 0 Å². The number of para-hydroxylation sites is 1. The normalized spacial score (nSPS) is 9.83. The van der Waals surface area contributed by atoms with Gasteiger partial charge in [-0.1, -0.05) is 24.3 Å². The maximum Gasteiger partial charge on any atom is 0.163 e. The molecule has 0 spiro atoms. The summed E-state index contributed by atoms with van der Waals surface area (Å²) in [5.74, 6) is -1.73. The molecule has 0 aliphatic heterocycles. The lowest BCUT2D eigenvalue weighted by atomic mass is 10.1. The van der Waals surface area contributed by atoms with Crippen molar-refractivity contribution in [2.75, 3.05) is 5.32 Å². The molecule has 0 saturated carbocycles. The molecule has 0 radical (unpaired) electrons. The predicted molar refractivity (Wildman–Crippen MR) is 64.8 cm³/mol. The van der Waals surface area contributed by atoms with Gasteiger partial charge in [-0.3, -0.25) is 0 Å². The van der Waals surface area contributed by atoms with Crippen LogP contribution in [0.3, 0.4) is 0 Å². The van der Waals surface area contributed by atoms with E-state index in [1.807, 2.05) is 6.07 Å². The number of nitrogens with one attached hydrogen (secondary N) is 1. The molecule has 0 bridgehead atoms. The molecule has 1 N–H and O–H groups in total. The molecule has 2 aromatic rings. The second-order valence-electron chi connectivity index (χ2n) is 3.72. The molecule has 2 nitrogen and oxygen atoms in total. The quantitative estimate of drug-likeness (QED) is 0.897. The summed E-state index contributed by atoms with van der Waals surface area (Å²) in [5, 5.41) is 11.8. The molecular formula is C14H10F2N2. The average molecular weight is 244 g/mol. The van der Waals surface area contributed by atoms with Crippen LogP contribution in [-0.2, 0) is 6.54 Å². The number of hydrogen-bond donors (Lipinski definition) is 1. The first-order chi connectivity index (χ1) is 8.72. The molecule has 2 aromatic carbocycles. The summed E-state index contributed by atoms with van der Waals surface area (Å²) in [5.41, 5.74) is 1.29. The van der Waals surface area contributed by atoms with Crippen molar-refractivity contribution in [1.82, 2.24) is 0 Å². The third-order valence-corrected chi connectivity index (χ3v) is 2.55. The average Bonchev–Trinajstić information content (AvgIpc) is 2.41. The van der Waals surface area contributed by atoms with Crippen LogP contribution < -0.4 is 5.32 Å². The fourth-order valence-electron chi connectivity index (χ4n) is 1.61. The first-order valence-electron chi connectivity index (χ1n) is 5.38. The molecular weight excluding hydrogens is 234 g/mol. The Bertz CT molecular complexity index is 603. The lowest BCUT2D eigenvalue weighted by molar-refractivity contribution is 0.500. The summed E-state index contributed by atoms with van der Waals surface area (Å²) < 4.78 is 26.4. The number of rotatable bonds is 3. The van der Waals surface area contributed by atoms with Gasteiger partial charge in [0.1, 0.15) is 6.07 Å². The molecule has 4 heteroatoms. The van der Waals surface area contributed by atoms with E-state index in [9.17, 15) is 8.78 Å². The van der Waals surface area contributed by atoms with Gasteiger partial charge in [0.05, 0.1) is 11.3 Å². The van der Waals surface area contributed by atoms with Crippen molar-refractivity contribution in [1.29, 1.82) is 5.26 Å². The highest BCUT2D eigenvalue weighted by Crippen LogP contribution is 2.17. The fourth-order valence-corrected chi connectivity index (χ4v) is 1.61. The standard InChI is InChI=1S/C14H10F2N2/c15-12-6-3-5-11(14(12)16)9-18-13-7-2-1-4-10(13)8-17/h1-7,18H,9H2. The van der Waals surface area contributed by atoms with E-state index in [1.165, 1.54) is 12.1 Å². The van der Waals surface area contributed by atoms with Gasteiger partial charge in [-0.15, -0.1) is 0 Å². The third kappa shape index (κ3) is 2.46. The molecule has 0 fully saturated rings. The van der Waals surface area contributed by atoms with E-state index in [1.54, 1.807) is 24.3 Å². The van der Waals surface area contributed by atoms with Crippen LogP contribution in [-0.4, -0.2) is 0 Å². The highest BCUT2D eigenvalue weighted by molar-refractivity contribution is 5.57. The van der Waals surface area contributed by atoms with Gasteiger partial charge in [-0.25, -0.2) is 8.78 Å². The van der Waals surface area contributed by atoms with Crippen LogP contribution >= 0.6 is 0 Å². The summed E-state index contributed by atoms with van der Waals surface area (Å²) in [6.07, 6.45) is 0. The van der Waals surface area contributed by atoms with Gasteiger partial charge in [-0.05, 0) is 18.2 Å². The van der Waals surface area contributed by atoms with Gasteiger partial charge in [0, 0.05) is 12.1 Å². The van der Waals surface area contributed by atoms with Crippen LogP contribution in [0.1, 0.15) is 11.1 Å². The molecule has 0 aromatic heterocycles. The summed E-state index contributed by atoms with van der Waals surface area (Å²) in [4.78, 5) is 0. The minimum Gasteiger partial charge on any atom is -0.380 e. The van der Waals surface area contributed by atoms with Crippen LogP contribution in [0.15, 0.2) is 42.5 Å². The van der Waals surface area contributed by atoms with Gasteiger partial charge in [0.2, 0.25) is 0 Å². The number of hydrogen-bond acceptors (Lipinski definition) is 2. The van der Waals surface area contributed by atoms with Crippen molar-refractivity contribution in [2.45, 2.75) is 6.54 Å². The van der Waals surface area contributed by atoms with Crippen molar-refractivity contribution < 1.29 is 8.78 Å². The molecule has 2 rings (SSSR count). The summed E-state index contributed by atoms with van der Waals surface area (Å²) in [7, 11) is 0. The zero-order valence-corrected chi connectivity index (χ0v) is 9.45. The van der Waals surface area contributed by atoms with Crippen LogP contribution in [0.2, 0.25) is 0 Å².